The van der Waals surface area contributed by atoms with Gasteiger partial charge < -0.3 is 9.73 Å². The van der Waals surface area contributed by atoms with Crippen LogP contribution in [0, 0.1) is 6.92 Å². The third-order valence-corrected chi connectivity index (χ3v) is 2.86. The number of halogens is 3. The van der Waals surface area contributed by atoms with Crippen molar-refractivity contribution in [2.45, 2.75) is 33.1 Å². The van der Waals surface area contributed by atoms with Crippen LogP contribution in [0.3, 0.4) is 0 Å². The number of hydrogen-bond donors (Lipinski definition) is 1. The molecule has 0 aliphatic heterocycles. The molecule has 0 aromatic carbocycles. The normalized spacial score (nSPS) is 12.1. The third kappa shape index (κ3) is 3.41. The van der Waals surface area contributed by atoms with E-state index in [0.717, 1.165) is 23.9 Å². The molecule has 2 aromatic rings. The first-order chi connectivity index (χ1) is 9.40. The van der Waals surface area contributed by atoms with Crippen molar-refractivity contribution < 1.29 is 17.6 Å². The highest BCUT2D eigenvalue weighted by molar-refractivity contribution is 5.20. The molecule has 0 fully saturated rings. The molecule has 0 bridgehead atoms. The van der Waals surface area contributed by atoms with Crippen molar-refractivity contribution in [2.75, 3.05) is 6.54 Å². The van der Waals surface area contributed by atoms with E-state index in [1.54, 1.807) is 0 Å². The van der Waals surface area contributed by atoms with Crippen LogP contribution in [0.15, 0.2) is 22.7 Å². The standard InChI is InChI=1S/C13H16F3N3O/c1-3-17-7-11-9(2)6-10(20-11)8-19-5-4-12(18-19)13(14,15)16/h4-6,17H,3,7-8H2,1-2H3. The van der Waals surface area contributed by atoms with E-state index in [9.17, 15) is 13.2 Å². The second kappa shape index (κ2) is 5.70. The van der Waals surface area contributed by atoms with Gasteiger partial charge in [-0.1, -0.05) is 6.92 Å². The first-order valence-electron chi connectivity index (χ1n) is 6.29. The highest BCUT2D eigenvalue weighted by atomic mass is 19.4. The second-order valence-corrected chi connectivity index (χ2v) is 4.50. The van der Waals surface area contributed by atoms with Gasteiger partial charge in [-0.05, 0) is 31.2 Å². The Morgan fingerprint density at radius 2 is 2.15 bits per heavy atom. The van der Waals surface area contributed by atoms with Gasteiger partial charge in [0, 0.05) is 6.20 Å². The lowest BCUT2D eigenvalue weighted by atomic mass is 10.2. The van der Waals surface area contributed by atoms with Crippen molar-refractivity contribution in [3.63, 3.8) is 0 Å². The molecule has 0 aliphatic carbocycles. The maximum absolute atomic E-state index is 12.4. The Morgan fingerprint density at radius 3 is 2.75 bits per heavy atom. The largest absolute Gasteiger partial charge is 0.462 e. The van der Waals surface area contributed by atoms with Gasteiger partial charge in [-0.25, -0.2) is 0 Å². The molecule has 0 saturated carbocycles. The summed E-state index contributed by atoms with van der Waals surface area (Å²) in [5, 5.41) is 6.64. The van der Waals surface area contributed by atoms with Crippen molar-refractivity contribution in [2.24, 2.45) is 0 Å². The number of nitrogens with zero attached hydrogens (tertiary/aromatic N) is 2. The van der Waals surface area contributed by atoms with Gasteiger partial charge in [-0.2, -0.15) is 18.3 Å². The van der Waals surface area contributed by atoms with E-state index in [2.05, 4.69) is 10.4 Å². The SMILES string of the molecule is CCNCc1oc(Cn2ccc(C(F)(F)F)n2)cc1C. The fraction of sp³-hybridized carbons (Fsp3) is 0.462. The summed E-state index contributed by atoms with van der Waals surface area (Å²) < 4.78 is 44.2. The number of hydrogen-bond acceptors (Lipinski definition) is 3. The highest BCUT2D eigenvalue weighted by Crippen LogP contribution is 2.27. The molecular formula is C13H16F3N3O. The first kappa shape index (κ1) is 14.6. The monoisotopic (exact) mass is 287 g/mol. The molecule has 110 valence electrons. The van der Waals surface area contributed by atoms with Crippen molar-refractivity contribution in [1.82, 2.24) is 15.1 Å². The van der Waals surface area contributed by atoms with Crippen molar-refractivity contribution in [3.8, 4) is 0 Å². The molecule has 0 spiro atoms. The van der Waals surface area contributed by atoms with E-state index in [-0.39, 0.29) is 6.54 Å². The zero-order valence-corrected chi connectivity index (χ0v) is 11.3. The number of alkyl halides is 3. The summed E-state index contributed by atoms with van der Waals surface area (Å²) in [5.74, 6) is 1.39. The lowest BCUT2D eigenvalue weighted by Crippen LogP contribution is -2.11. The van der Waals surface area contributed by atoms with Crippen LogP contribution in [0.4, 0.5) is 13.2 Å². The van der Waals surface area contributed by atoms with E-state index in [1.165, 1.54) is 10.9 Å². The minimum absolute atomic E-state index is 0.184. The Labute approximate surface area is 114 Å². The Balaban J connectivity index is 2.08. The van der Waals surface area contributed by atoms with Crippen molar-refractivity contribution in [3.05, 3.63) is 41.1 Å². The van der Waals surface area contributed by atoms with Gasteiger partial charge >= 0.3 is 6.18 Å². The molecule has 2 rings (SSSR count). The summed E-state index contributed by atoms with van der Waals surface area (Å²) in [7, 11) is 0. The van der Waals surface area contributed by atoms with Gasteiger partial charge in [0.15, 0.2) is 5.69 Å². The van der Waals surface area contributed by atoms with Crippen molar-refractivity contribution in [1.29, 1.82) is 0 Å². The topological polar surface area (TPSA) is 43.0 Å². The lowest BCUT2D eigenvalue weighted by Gasteiger charge is -2.02. The Bertz CT molecular complexity index is 572. The molecule has 1 N–H and O–H groups in total. The number of aryl methyl sites for hydroxylation is 1. The average molecular weight is 287 g/mol. The summed E-state index contributed by atoms with van der Waals surface area (Å²) in [6.45, 7) is 5.51. The molecule has 20 heavy (non-hydrogen) atoms. The van der Waals surface area contributed by atoms with E-state index in [4.69, 9.17) is 4.42 Å². The van der Waals surface area contributed by atoms with E-state index in [1.807, 2.05) is 19.9 Å². The van der Waals surface area contributed by atoms with E-state index in [0.29, 0.717) is 12.3 Å². The molecule has 0 amide bonds. The zero-order chi connectivity index (χ0) is 14.8. The molecule has 2 aromatic heterocycles. The number of furan rings is 1. The van der Waals surface area contributed by atoms with Crippen LogP contribution in [0.25, 0.3) is 0 Å². The van der Waals surface area contributed by atoms with Crippen LogP contribution in [0.2, 0.25) is 0 Å². The van der Waals surface area contributed by atoms with Crippen molar-refractivity contribution >= 4 is 0 Å². The zero-order valence-electron chi connectivity index (χ0n) is 11.3. The van der Waals surface area contributed by atoms with Crippen LogP contribution >= 0.6 is 0 Å². The quantitative estimate of drug-likeness (QED) is 0.919. The summed E-state index contributed by atoms with van der Waals surface area (Å²) in [5.41, 5.74) is 0.0813. The molecule has 0 saturated heterocycles. The molecule has 2 heterocycles. The van der Waals surface area contributed by atoms with Crippen LogP contribution in [-0.2, 0) is 19.3 Å². The second-order valence-electron chi connectivity index (χ2n) is 4.50. The maximum atomic E-state index is 12.4. The van der Waals surface area contributed by atoms with Gasteiger partial charge in [-0.3, -0.25) is 4.68 Å². The number of aromatic nitrogens is 2. The fourth-order valence-electron chi connectivity index (χ4n) is 1.84. The van der Waals surface area contributed by atoms with Crippen LogP contribution in [-0.4, -0.2) is 16.3 Å². The number of nitrogens with one attached hydrogen (secondary N) is 1. The summed E-state index contributed by atoms with van der Waals surface area (Å²) >= 11 is 0. The average Bonchev–Trinajstić information content (AvgIpc) is 2.94. The summed E-state index contributed by atoms with van der Waals surface area (Å²) in [6.07, 6.45) is -3.12. The minimum Gasteiger partial charge on any atom is -0.462 e. The third-order valence-electron chi connectivity index (χ3n) is 2.86. The predicted octanol–water partition coefficient (Wildman–Crippen LogP) is 2.96. The van der Waals surface area contributed by atoms with Crippen LogP contribution in [0.5, 0.6) is 0 Å². The number of rotatable bonds is 5. The predicted molar refractivity (Wildman–Crippen MR) is 67.2 cm³/mol. The van der Waals surface area contributed by atoms with Gasteiger partial charge in [0.1, 0.15) is 11.5 Å². The van der Waals surface area contributed by atoms with Gasteiger partial charge in [-0.15, -0.1) is 0 Å². The molecule has 4 nitrogen and oxygen atoms in total. The molecule has 0 unspecified atom stereocenters. The van der Waals surface area contributed by atoms with Crippen LogP contribution < -0.4 is 5.32 Å². The Morgan fingerprint density at radius 1 is 1.40 bits per heavy atom. The van der Waals surface area contributed by atoms with Gasteiger partial charge in [0.25, 0.3) is 0 Å². The summed E-state index contributed by atoms with van der Waals surface area (Å²) in [4.78, 5) is 0. The first-order valence-corrected chi connectivity index (χ1v) is 6.29. The summed E-state index contributed by atoms with van der Waals surface area (Å²) in [6, 6.07) is 2.77. The van der Waals surface area contributed by atoms with E-state index >= 15 is 0 Å². The van der Waals surface area contributed by atoms with Gasteiger partial charge in [0.2, 0.25) is 0 Å². The highest BCUT2D eigenvalue weighted by Gasteiger charge is 2.33. The Kier molecular flexibility index (Phi) is 4.17. The smallest absolute Gasteiger partial charge is 0.435 e. The fourth-order valence-corrected chi connectivity index (χ4v) is 1.84. The minimum atomic E-state index is -4.42. The Hall–Kier alpha value is -1.76. The molecule has 0 aliphatic rings. The molecule has 0 radical (unpaired) electrons. The maximum Gasteiger partial charge on any atom is 0.435 e. The molecular weight excluding hydrogens is 271 g/mol. The lowest BCUT2D eigenvalue weighted by molar-refractivity contribution is -0.141. The van der Waals surface area contributed by atoms with Gasteiger partial charge in [0.05, 0.1) is 13.1 Å². The molecule has 7 heteroatoms. The molecule has 0 atom stereocenters. The van der Waals surface area contributed by atoms with Crippen LogP contribution in [0.1, 0.15) is 29.7 Å². The van der Waals surface area contributed by atoms with E-state index < -0.39 is 11.9 Å².